The molecule has 0 aliphatic rings. The minimum Gasteiger partial charge on any atom is -0.361 e. The zero-order valence-electron chi connectivity index (χ0n) is 11.2. The van der Waals surface area contributed by atoms with Gasteiger partial charge in [0.1, 0.15) is 5.76 Å². The number of nitrogens with one attached hydrogen (secondary N) is 1. The molecule has 96 valence electrons. The Kier molecular flexibility index (Phi) is 4.69. The largest absolute Gasteiger partial charge is 0.361 e. The minimum absolute atomic E-state index is 0.0650. The molecule has 0 unspecified atom stereocenters. The third kappa shape index (κ3) is 3.30. The van der Waals surface area contributed by atoms with Crippen LogP contribution in [0.5, 0.6) is 0 Å². The molecule has 1 N–H and O–H groups in total. The summed E-state index contributed by atoms with van der Waals surface area (Å²) in [6.45, 7) is 6.22. The number of hydrogen-bond acceptors (Lipinski definition) is 4. The highest BCUT2D eigenvalue weighted by Crippen LogP contribution is 2.23. The quantitative estimate of drug-likeness (QED) is 0.844. The number of nitrogens with zero attached hydrogens (tertiary/aromatic N) is 2. The fourth-order valence-corrected chi connectivity index (χ4v) is 1.81. The summed E-state index contributed by atoms with van der Waals surface area (Å²) >= 11 is 0. The van der Waals surface area contributed by atoms with Crippen molar-refractivity contribution in [1.29, 1.82) is 0 Å². The normalized spacial score (nSPS) is 12.5. The SMILES string of the molecule is CC[C@@H](NCC(=O)N(C)C)c1c(C)noc1C. The molecular formula is C12H21N3O2. The maximum Gasteiger partial charge on any atom is 0.236 e. The van der Waals surface area contributed by atoms with Crippen LogP contribution in [0.25, 0.3) is 0 Å². The number of rotatable bonds is 5. The second kappa shape index (κ2) is 5.82. The van der Waals surface area contributed by atoms with Gasteiger partial charge in [-0.15, -0.1) is 0 Å². The first-order valence-corrected chi connectivity index (χ1v) is 5.83. The summed E-state index contributed by atoms with van der Waals surface area (Å²) in [4.78, 5) is 13.1. The predicted octanol–water partition coefficient (Wildman–Crippen LogP) is 1.42. The fourth-order valence-electron chi connectivity index (χ4n) is 1.81. The maximum atomic E-state index is 11.5. The fraction of sp³-hybridized carbons (Fsp3) is 0.667. The minimum atomic E-state index is 0.0650. The zero-order chi connectivity index (χ0) is 13.0. The van der Waals surface area contributed by atoms with Crippen molar-refractivity contribution in [1.82, 2.24) is 15.4 Å². The molecule has 0 aliphatic heterocycles. The van der Waals surface area contributed by atoms with E-state index in [1.165, 1.54) is 0 Å². The number of aryl methyl sites for hydroxylation is 2. The summed E-state index contributed by atoms with van der Waals surface area (Å²) in [7, 11) is 3.50. The van der Waals surface area contributed by atoms with Crippen molar-refractivity contribution in [2.24, 2.45) is 0 Å². The molecule has 1 atom stereocenters. The van der Waals surface area contributed by atoms with Crippen molar-refractivity contribution >= 4 is 5.91 Å². The van der Waals surface area contributed by atoms with Gasteiger partial charge >= 0.3 is 0 Å². The summed E-state index contributed by atoms with van der Waals surface area (Å²) in [5.41, 5.74) is 1.96. The summed E-state index contributed by atoms with van der Waals surface area (Å²) in [5.74, 6) is 0.884. The Morgan fingerprint density at radius 2 is 2.12 bits per heavy atom. The smallest absolute Gasteiger partial charge is 0.236 e. The Labute approximate surface area is 102 Å². The van der Waals surface area contributed by atoms with E-state index in [0.717, 1.165) is 23.4 Å². The molecule has 1 aromatic rings. The van der Waals surface area contributed by atoms with Crippen LogP contribution < -0.4 is 5.32 Å². The van der Waals surface area contributed by atoms with E-state index in [2.05, 4.69) is 17.4 Å². The van der Waals surface area contributed by atoms with Gasteiger partial charge in [-0.3, -0.25) is 4.79 Å². The van der Waals surface area contributed by atoms with Crippen molar-refractivity contribution < 1.29 is 9.32 Å². The van der Waals surface area contributed by atoms with Gasteiger partial charge in [0.05, 0.1) is 12.2 Å². The van der Waals surface area contributed by atoms with Crippen LogP contribution in [0.4, 0.5) is 0 Å². The summed E-state index contributed by atoms with van der Waals surface area (Å²) in [5, 5.41) is 7.18. The van der Waals surface area contributed by atoms with Crippen LogP contribution in [0, 0.1) is 13.8 Å². The van der Waals surface area contributed by atoms with Crippen molar-refractivity contribution in [3.63, 3.8) is 0 Å². The van der Waals surface area contributed by atoms with Crippen LogP contribution >= 0.6 is 0 Å². The molecule has 0 bridgehead atoms. The molecule has 0 spiro atoms. The van der Waals surface area contributed by atoms with Gasteiger partial charge in [0, 0.05) is 25.7 Å². The van der Waals surface area contributed by atoms with Crippen LogP contribution in [0.3, 0.4) is 0 Å². The summed E-state index contributed by atoms with van der Waals surface area (Å²) in [6, 6.07) is 0.116. The van der Waals surface area contributed by atoms with E-state index in [9.17, 15) is 4.79 Å². The topological polar surface area (TPSA) is 58.4 Å². The molecule has 0 saturated heterocycles. The lowest BCUT2D eigenvalue weighted by molar-refractivity contribution is -0.127. The second-order valence-corrected chi connectivity index (χ2v) is 4.37. The van der Waals surface area contributed by atoms with Gasteiger partial charge < -0.3 is 14.7 Å². The van der Waals surface area contributed by atoms with Crippen molar-refractivity contribution in [2.45, 2.75) is 33.2 Å². The van der Waals surface area contributed by atoms with Crippen molar-refractivity contribution in [3.8, 4) is 0 Å². The van der Waals surface area contributed by atoms with Gasteiger partial charge in [-0.05, 0) is 20.3 Å². The lowest BCUT2D eigenvalue weighted by atomic mass is 10.0. The zero-order valence-corrected chi connectivity index (χ0v) is 11.2. The van der Waals surface area contributed by atoms with Gasteiger partial charge in [-0.2, -0.15) is 0 Å². The van der Waals surface area contributed by atoms with Gasteiger partial charge in [-0.1, -0.05) is 12.1 Å². The number of likely N-dealkylation sites (N-methyl/N-ethyl adjacent to an activating group) is 1. The van der Waals surface area contributed by atoms with Crippen LogP contribution in [-0.2, 0) is 4.79 Å². The highest BCUT2D eigenvalue weighted by Gasteiger charge is 2.19. The average molecular weight is 239 g/mol. The molecule has 0 radical (unpaired) electrons. The Bertz CT molecular complexity index is 366. The van der Waals surface area contributed by atoms with Gasteiger partial charge in [0.25, 0.3) is 0 Å². The Hall–Kier alpha value is -1.36. The highest BCUT2D eigenvalue weighted by molar-refractivity contribution is 5.77. The first-order chi connectivity index (χ1) is 7.97. The summed E-state index contributed by atoms with van der Waals surface area (Å²) in [6.07, 6.45) is 0.892. The Balaban J connectivity index is 2.70. The lowest BCUT2D eigenvalue weighted by Crippen LogP contribution is -2.35. The molecule has 1 rings (SSSR count). The highest BCUT2D eigenvalue weighted by atomic mass is 16.5. The third-order valence-electron chi connectivity index (χ3n) is 2.84. The molecule has 1 aromatic heterocycles. The third-order valence-corrected chi connectivity index (χ3v) is 2.84. The summed E-state index contributed by atoms with van der Waals surface area (Å²) < 4.78 is 5.15. The predicted molar refractivity (Wildman–Crippen MR) is 65.7 cm³/mol. The van der Waals surface area contributed by atoms with E-state index < -0.39 is 0 Å². The van der Waals surface area contributed by atoms with Crippen LogP contribution in [0.15, 0.2) is 4.52 Å². The van der Waals surface area contributed by atoms with Gasteiger partial charge in [0.2, 0.25) is 5.91 Å². The van der Waals surface area contributed by atoms with E-state index >= 15 is 0 Å². The molecule has 0 fully saturated rings. The second-order valence-electron chi connectivity index (χ2n) is 4.37. The van der Waals surface area contributed by atoms with E-state index in [1.807, 2.05) is 13.8 Å². The number of amides is 1. The lowest BCUT2D eigenvalue weighted by Gasteiger charge is -2.18. The van der Waals surface area contributed by atoms with Crippen molar-refractivity contribution in [3.05, 3.63) is 17.0 Å². The van der Waals surface area contributed by atoms with Crippen molar-refractivity contribution in [2.75, 3.05) is 20.6 Å². The number of hydrogen-bond donors (Lipinski definition) is 1. The van der Waals surface area contributed by atoms with Crippen LogP contribution in [0.2, 0.25) is 0 Å². The molecule has 5 heteroatoms. The first kappa shape index (κ1) is 13.7. The molecule has 1 heterocycles. The number of aromatic nitrogens is 1. The maximum absolute atomic E-state index is 11.5. The number of carbonyl (C=O) groups is 1. The standard InChI is InChI=1S/C12H21N3O2/c1-6-10(13-7-11(16)15(4)5)12-8(2)14-17-9(12)3/h10,13H,6-7H2,1-5H3/t10-/m1/s1. The molecule has 1 amide bonds. The van der Waals surface area contributed by atoms with Gasteiger partial charge in [0.15, 0.2) is 0 Å². The molecule has 0 aromatic carbocycles. The Morgan fingerprint density at radius 1 is 1.47 bits per heavy atom. The molecule has 0 aliphatic carbocycles. The van der Waals surface area contributed by atoms with Crippen LogP contribution in [-0.4, -0.2) is 36.6 Å². The first-order valence-electron chi connectivity index (χ1n) is 5.83. The molecule has 5 nitrogen and oxygen atoms in total. The van der Waals surface area contributed by atoms with Crippen LogP contribution in [0.1, 0.15) is 36.4 Å². The van der Waals surface area contributed by atoms with E-state index in [0.29, 0.717) is 6.54 Å². The van der Waals surface area contributed by atoms with E-state index in [4.69, 9.17) is 4.52 Å². The average Bonchev–Trinajstić information content (AvgIpc) is 2.61. The van der Waals surface area contributed by atoms with E-state index in [1.54, 1.807) is 19.0 Å². The Morgan fingerprint density at radius 3 is 2.53 bits per heavy atom. The number of carbonyl (C=O) groups excluding carboxylic acids is 1. The molecule has 0 saturated carbocycles. The monoisotopic (exact) mass is 239 g/mol. The molecular weight excluding hydrogens is 218 g/mol. The van der Waals surface area contributed by atoms with E-state index in [-0.39, 0.29) is 11.9 Å². The molecule has 17 heavy (non-hydrogen) atoms. The van der Waals surface area contributed by atoms with Gasteiger partial charge in [-0.25, -0.2) is 0 Å².